The molecule has 0 bridgehead atoms. The molecule has 0 spiro atoms. The Bertz CT molecular complexity index is 549. The van der Waals surface area contributed by atoms with Gasteiger partial charge in [-0.2, -0.15) is 0 Å². The van der Waals surface area contributed by atoms with E-state index in [0.29, 0.717) is 10.7 Å². The van der Waals surface area contributed by atoms with Gasteiger partial charge in [0.1, 0.15) is 0 Å². The maximum absolute atomic E-state index is 6.26. The molecule has 3 rings (SSSR count). The molecule has 1 heterocycles. The van der Waals surface area contributed by atoms with E-state index in [1.165, 1.54) is 35.3 Å². The molecule has 1 aliphatic rings. The molecule has 1 aliphatic carbocycles. The Kier molecular flexibility index (Phi) is 3.78. The predicted molar refractivity (Wildman–Crippen MR) is 83.1 cm³/mol. The standard InChI is InChI=1S/C15H14BrClS/c16-14(15-13(17)8-9-18-15)12-7-3-5-10-4-1-2-6-11(10)12/h1-2,4,6,8-9,12,14H,3,5,7H2. The maximum Gasteiger partial charge on any atom is 0.0572 e. The number of aryl methyl sites for hydroxylation is 1. The molecule has 3 heteroatoms. The van der Waals surface area contributed by atoms with Crippen molar-refractivity contribution in [2.75, 3.05) is 0 Å². The third-order valence-corrected chi connectivity index (χ3v) is 6.50. The average Bonchev–Trinajstić information content (AvgIpc) is 2.83. The highest BCUT2D eigenvalue weighted by Gasteiger charge is 2.28. The van der Waals surface area contributed by atoms with Gasteiger partial charge in [-0.25, -0.2) is 0 Å². The predicted octanol–water partition coefficient (Wildman–Crippen LogP) is 5.96. The van der Waals surface area contributed by atoms with E-state index < -0.39 is 0 Å². The van der Waals surface area contributed by atoms with Crippen molar-refractivity contribution in [1.29, 1.82) is 0 Å². The Morgan fingerprint density at radius 1 is 1.28 bits per heavy atom. The van der Waals surface area contributed by atoms with E-state index in [1.807, 2.05) is 6.07 Å². The molecule has 0 amide bonds. The van der Waals surface area contributed by atoms with Gasteiger partial charge in [-0.05, 0) is 41.8 Å². The summed E-state index contributed by atoms with van der Waals surface area (Å²) in [5.41, 5.74) is 3.00. The molecule has 1 aromatic heterocycles. The van der Waals surface area contributed by atoms with Gasteiger partial charge in [-0.3, -0.25) is 0 Å². The Morgan fingerprint density at radius 3 is 2.89 bits per heavy atom. The molecular weight excluding hydrogens is 328 g/mol. The highest BCUT2D eigenvalue weighted by Crippen LogP contribution is 2.48. The minimum atomic E-state index is 0.339. The number of halogens is 2. The first-order valence-corrected chi connectivity index (χ1v) is 8.39. The summed E-state index contributed by atoms with van der Waals surface area (Å²) in [5.74, 6) is 0.547. The second-order valence-corrected chi connectivity index (χ2v) is 7.07. The van der Waals surface area contributed by atoms with Crippen molar-refractivity contribution >= 4 is 38.9 Å². The third-order valence-electron chi connectivity index (χ3n) is 3.66. The molecule has 0 aliphatic heterocycles. The molecule has 2 aromatic rings. The van der Waals surface area contributed by atoms with Gasteiger partial charge in [0.2, 0.25) is 0 Å². The quantitative estimate of drug-likeness (QED) is 0.591. The lowest BCUT2D eigenvalue weighted by molar-refractivity contribution is 0.550. The number of hydrogen-bond donors (Lipinski definition) is 0. The summed E-state index contributed by atoms with van der Waals surface area (Å²) in [6.07, 6.45) is 3.72. The minimum Gasteiger partial charge on any atom is -0.146 e. The van der Waals surface area contributed by atoms with Crippen LogP contribution in [-0.2, 0) is 6.42 Å². The van der Waals surface area contributed by atoms with Crippen molar-refractivity contribution in [1.82, 2.24) is 0 Å². The second-order valence-electron chi connectivity index (χ2n) is 4.73. The topological polar surface area (TPSA) is 0 Å². The molecular formula is C15H14BrClS. The number of rotatable bonds is 2. The summed E-state index contributed by atoms with van der Waals surface area (Å²) < 4.78 is 0. The van der Waals surface area contributed by atoms with Crippen LogP contribution in [0.2, 0.25) is 5.02 Å². The van der Waals surface area contributed by atoms with Crippen LogP contribution < -0.4 is 0 Å². The molecule has 18 heavy (non-hydrogen) atoms. The summed E-state index contributed by atoms with van der Waals surface area (Å²) in [4.78, 5) is 1.60. The minimum absolute atomic E-state index is 0.339. The molecule has 2 atom stereocenters. The lowest BCUT2D eigenvalue weighted by Crippen LogP contribution is -2.13. The van der Waals surface area contributed by atoms with Crippen molar-refractivity contribution in [2.24, 2.45) is 0 Å². The fraction of sp³-hybridized carbons (Fsp3) is 0.333. The Labute approximate surface area is 125 Å². The van der Waals surface area contributed by atoms with Gasteiger partial charge in [-0.1, -0.05) is 51.8 Å². The van der Waals surface area contributed by atoms with Crippen LogP contribution in [0.25, 0.3) is 0 Å². The van der Waals surface area contributed by atoms with Crippen LogP contribution in [0, 0.1) is 0 Å². The summed E-state index contributed by atoms with van der Waals surface area (Å²) in [6.45, 7) is 0. The van der Waals surface area contributed by atoms with Crippen LogP contribution in [0.5, 0.6) is 0 Å². The van der Waals surface area contributed by atoms with Crippen molar-refractivity contribution in [3.63, 3.8) is 0 Å². The van der Waals surface area contributed by atoms with E-state index >= 15 is 0 Å². The molecule has 0 saturated heterocycles. The van der Waals surface area contributed by atoms with E-state index in [9.17, 15) is 0 Å². The molecule has 0 nitrogen and oxygen atoms in total. The lowest BCUT2D eigenvalue weighted by atomic mass is 9.81. The highest BCUT2D eigenvalue weighted by atomic mass is 79.9. The van der Waals surface area contributed by atoms with Crippen LogP contribution >= 0.6 is 38.9 Å². The van der Waals surface area contributed by atoms with Gasteiger partial charge >= 0.3 is 0 Å². The largest absolute Gasteiger partial charge is 0.146 e. The van der Waals surface area contributed by atoms with Crippen LogP contribution in [0.4, 0.5) is 0 Å². The zero-order chi connectivity index (χ0) is 12.5. The normalized spacial score (nSPS) is 20.4. The molecule has 0 fully saturated rings. The molecule has 0 saturated carbocycles. The number of benzene rings is 1. The molecule has 1 aromatic carbocycles. The van der Waals surface area contributed by atoms with Crippen LogP contribution in [0.1, 0.15) is 39.6 Å². The van der Waals surface area contributed by atoms with Crippen LogP contribution in [0.3, 0.4) is 0 Å². The van der Waals surface area contributed by atoms with Crippen LogP contribution in [-0.4, -0.2) is 0 Å². The second kappa shape index (κ2) is 5.36. The first-order valence-electron chi connectivity index (χ1n) is 6.22. The van der Waals surface area contributed by atoms with Gasteiger partial charge in [0, 0.05) is 10.8 Å². The van der Waals surface area contributed by atoms with Gasteiger partial charge in [0.15, 0.2) is 0 Å². The SMILES string of the molecule is Clc1ccsc1C(Br)C1CCCc2ccccc21. The van der Waals surface area contributed by atoms with Crippen molar-refractivity contribution in [2.45, 2.75) is 30.0 Å². The van der Waals surface area contributed by atoms with Crippen molar-refractivity contribution in [3.05, 3.63) is 56.7 Å². The smallest absolute Gasteiger partial charge is 0.0572 e. The summed E-state index contributed by atoms with van der Waals surface area (Å²) in [6, 6.07) is 10.8. The zero-order valence-electron chi connectivity index (χ0n) is 9.90. The van der Waals surface area contributed by atoms with Gasteiger partial charge in [-0.15, -0.1) is 11.3 Å². The average molecular weight is 342 g/mol. The first kappa shape index (κ1) is 12.7. The van der Waals surface area contributed by atoms with E-state index in [2.05, 4.69) is 45.6 Å². The highest BCUT2D eigenvalue weighted by molar-refractivity contribution is 9.09. The third kappa shape index (κ3) is 2.26. The van der Waals surface area contributed by atoms with E-state index in [0.717, 1.165) is 5.02 Å². The summed E-state index contributed by atoms with van der Waals surface area (Å²) >= 11 is 11.9. The van der Waals surface area contributed by atoms with Gasteiger partial charge < -0.3 is 0 Å². The zero-order valence-corrected chi connectivity index (χ0v) is 13.1. The summed E-state index contributed by atoms with van der Waals surface area (Å²) in [5, 5.41) is 2.96. The monoisotopic (exact) mass is 340 g/mol. The first-order chi connectivity index (χ1) is 8.77. The van der Waals surface area contributed by atoms with Crippen molar-refractivity contribution in [3.8, 4) is 0 Å². The fourth-order valence-electron chi connectivity index (χ4n) is 2.78. The maximum atomic E-state index is 6.26. The molecule has 0 N–H and O–H groups in total. The molecule has 2 unspecified atom stereocenters. The number of fused-ring (bicyclic) bond motifs is 1. The van der Waals surface area contributed by atoms with E-state index in [1.54, 1.807) is 11.3 Å². The Morgan fingerprint density at radius 2 is 2.11 bits per heavy atom. The van der Waals surface area contributed by atoms with Crippen LogP contribution in [0.15, 0.2) is 35.7 Å². The number of alkyl halides is 1. The van der Waals surface area contributed by atoms with Crippen molar-refractivity contribution < 1.29 is 0 Å². The Balaban J connectivity index is 1.97. The fourth-order valence-corrected chi connectivity index (χ4v) is 5.25. The van der Waals surface area contributed by atoms with Gasteiger partial charge in [0.05, 0.1) is 9.85 Å². The Hall–Kier alpha value is -0.310. The lowest BCUT2D eigenvalue weighted by Gasteiger charge is -2.29. The number of thiophene rings is 1. The van der Waals surface area contributed by atoms with E-state index in [-0.39, 0.29) is 0 Å². The molecule has 0 radical (unpaired) electrons. The van der Waals surface area contributed by atoms with Gasteiger partial charge in [0.25, 0.3) is 0 Å². The van der Waals surface area contributed by atoms with E-state index in [4.69, 9.17) is 11.6 Å². The summed E-state index contributed by atoms with van der Waals surface area (Å²) in [7, 11) is 0. The molecule has 94 valence electrons. The number of hydrogen-bond acceptors (Lipinski definition) is 1.